The van der Waals surface area contributed by atoms with Gasteiger partial charge < -0.3 is 18.9 Å². The lowest BCUT2D eigenvalue weighted by Crippen LogP contribution is -2.39. The van der Waals surface area contributed by atoms with E-state index in [0.717, 1.165) is 103 Å². The molecule has 0 aliphatic heterocycles. The fourth-order valence-corrected chi connectivity index (χ4v) is 10.0. The van der Waals surface area contributed by atoms with E-state index < -0.39 is 0 Å². The van der Waals surface area contributed by atoms with E-state index >= 15 is 0 Å². The van der Waals surface area contributed by atoms with Crippen molar-refractivity contribution in [2.75, 3.05) is 0 Å². The highest BCUT2D eigenvalue weighted by molar-refractivity contribution is 5.95. The minimum atomic E-state index is -0.388. The van der Waals surface area contributed by atoms with E-state index in [4.69, 9.17) is 18.9 Å². The van der Waals surface area contributed by atoms with Crippen molar-refractivity contribution >= 4 is 23.9 Å². The molecule has 8 nitrogen and oxygen atoms in total. The Bertz CT molecular complexity index is 1460. The van der Waals surface area contributed by atoms with E-state index in [1.165, 1.54) is 6.08 Å². The van der Waals surface area contributed by atoms with Crippen LogP contribution in [0.2, 0.25) is 0 Å². The van der Waals surface area contributed by atoms with Gasteiger partial charge in [0.25, 0.3) is 0 Å². The number of hydrogen-bond acceptors (Lipinski definition) is 8. The van der Waals surface area contributed by atoms with E-state index in [-0.39, 0.29) is 59.1 Å². The lowest BCUT2D eigenvalue weighted by Gasteiger charge is -2.46. The second-order valence-electron chi connectivity index (χ2n) is 17.8. The molecule has 4 fully saturated rings. The minimum Gasteiger partial charge on any atom is -0.459 e. The summed E-state index contributed by atoms with van der Waals surface area (Å²) in [6.45, 7) is 18.4. The van der Waals surface area contributed by atoms with Crippen molar-refractivity contribution in [2.45, 2.75) is 162 Å². The van der Waals surface area contributed by atoms with Crippen LogP contribution < -0.4 is 0 Å². The normalized spacial score (nSPS) is 29.6. The standard InChI is InChI=1S/C45H64O8/c1-8-40(46)50-36-20-12-32(13-21-36)44(4,5)34-16-24-38(25-17-34)52-42(48)30-10-9-11-31(28-30)43(49)53-39-26-18-35(19-27-39)45(6,7)33-14-22-37(23-15-33)51-41(47)29(2)3/h8-11,28,32-39H,1-2,12-27H2,3-7H3. The SMILES string of the molecule is C=CC(=O)OC1CCC(C(C)(C)C2CCC(OC(=O)c3cccc(C(=O)OC4CCC(C(C)(C)C5CCC(OC(=O)C(=C)C)CC5)CC4)c3)CC2)CC1. The summed E-state index contributed by atoms with van der Waals surface area (Å²) >= 11 is 0. The van der Waals surface area contributed by atoms with E-state index in [9.17, 15) is 19.2 Å². The van der Waals surface area contributed by atoms with Crippen molar-refractivity contribution in [1.82, 2.24) is 0 Å². The van der Waals surface area contributed by atoms with Gasteiger partial charge in [-0.1, -0.05) is 46.9 Å². The molecule has 8 heteroatoms. The van der Waals surface area contributed by atoms with Gasteiger partial charge in [0.1, 0.15) is 24.4 Å². The van der Waals surface area contributed by atoms with E-state index in [0.29, 0.717) is 40.4 Å². The zero-order valence-corrected chi connectivity index (χ0v) is 33.0. The molecule has 0 atom stereocenters. The summed E-state index contributed by atoms with van der Waals surface area (Å²) in [5.41, 5.74) is 1.53. The quantitative estimate of drug-likeness (QED) is 0.119. The first-order valence-electron chi connectivity index (χ1n) is 20.4. The Balaban J connectivity index is 1.04. The van der Waals surface area contributed by atoms with E-state index in [1.807, 2.05) is 0 Å². The Labute approximate surface area is 317 Å². The second-order valence-corrected chi connectivity index (χ2v) is 17.8. The number of carbonyl (C=O) groups excluding carboxylic acids is 4. The van der Waals surface area contributed by atoms with Gasteiger partial charge >= 0.3 is 23.9 Å². The van der Waals surface area contributed by atoms with Gasteiger partial charge in [-0.15, -0.1) is 0 Å². The molecule has 292 valence electrons. The van der Waals surface area contributed by atoms with Crippen LogP contribution in [0.5, 0.6) is 0 Å². The summed E-state index contributed by atoms with van der Waals surface area (Å²) in [5.74, 6) is 0.847. The summed E-state index contributed by atoms with van der Waals surface area (Å²) in [6.07, 6.45) is 16.1. The zero-order chi connectivity index (χ0) is 38.3. The van der Waals surface area contributed by atoms with Crippen LogP contribution in [0.1, 0.15) is 158 Å². The van der Waals surface area contributed by atoms with Gasteiger partial charge in [0.15, 0.2) is 0 Å². The van der Waals surface area contributed by atoms with Crippen LogP contribution in [-0.4, -0.2) is 48.3 Å². The molecule has 0 bridgehead atoms. The number of benzene rings is 1. The topological polar surface area (TPSA) is 105 Å². The first-order chi connectivity index (χ1) is 25.2. The average molecular weight is 733 g/mol. The van der Waals surface area contributed by atoms with Crippen LogP contribution in [-0.2, 0) is 28.5 Å². The molecule has 0 aromatic heterocycles. The maximum Gasteiger partial charge on any atom is 0.338 e. The molecular formula is C45H64O8. The Hall–Kier alpha value is -3.42. The molecule has 1 aromatic rings. The van der Waals surface area contributed by atoms with Gasteiger partial charge in [-0.2, -0.15) is 0 Å². The van der Waals surface area contributed by atoms with E-state index in [2.05, 4.69) is 40.9 Å². The molecule has 4 saturated carbocycles. The number of ether oxygens (including phenoxy) is 4. The van der Waals surface area contributed by atoms with Crippen molar-refractivity contribution in [3.05, 3.63) is 60.2 Å². The van der Waals surface area contributed by atoms with Gasteiger partial charge in [-0.25, -0.2) is 19.2 Å². The molecule has 4 aliphatic carbocycles. The van der Waals surface area contributed by atoms with Crippen molar-refractivity contribution in [1.29, 1.82) is 0 Å². The number of esters is 4. The van der Waals surface area contributed by atoms with Gasteiger partial charge in [0.05, 0.1) is 11.1 Å². The maximum atomic E-state index is 13.3. The predicted octanol–water partition coefficient (Wildman–Crippen LogP) is 10.1. The Morgan fingerprint density at radius 1 is 0.566 bits per heavy atom. The Morgan fingerprint density at radius 3 is 1.21 bits per heavy atom. The summed E-state index contributed by atoms with van der Waals surface area (Å²) < 4.78 is 23.1. The number of rotatable bonds is 12. The van der Waals surface area contributed by atoms with Crippen LogP contribution in [0.15, 0.2) is 49.1 Å². The molecule has 0 heterocycles. The third kappa shape index (κ3) is 10.4. The monoisotopic (exact) mass is 732 g/mol. The van der Waals surface area contributed by atoms with Gasteiger partial charge in [-0.3, -0.25) is 0 Å². The highest BCUT2D eigenvalue weighted by Gasteiger charge is 2.43. The molecular weight excluding hydrogens is 668 g/mol. The van der Waals surface area contributed by atoms with Gasteiger partial charge in [0.2, 0.25) is 0 Å². The first kappa shape index (κ1) is 40.8. The molecule has 1 aromatic carbocycles. The minimum absolute atomic E-state index is 0.00790. The molecule has 53 heavy (non-hydrogen) atoms. The summed E-state index contributed by atoms with van der Waals surface area (Å²) in [6, 6.07) is 6.76. The number of hydrogen-bond donors (Lipinski definition) is 0. The van der Waals surface area contributed by atoms with Gasteiger partial charge in [-0.05, 0) is 162 Å². The highest BCUT2D eigenvalue weighted by Crippen LogP contribution is 2.50. The fourth-order valence-electron chi connectivity index (χ4n) is 10.0. The number of carbonyl (C=O) groups is 4. The van der Waals surface area contributed by atoms with Crippen LogP contribution in [0.25, 0.3) is 0 Å². The summed E-state index contributed by atoms with van der Waals surface area (Å²) in [7, 11) is 0. The molecule has 0 unspecified atom stereocenters. The predicted molar refractivity (Wildman–Crippen MR) is 205 cm³/mol. The molecule has 0 saturated heterocycles. The van der Waals surface area contributed by atoms with Crippen LogP contribution in [0, 0.1) is 34.5 Å². The van der Waals surface area contributed by atoms with Crippen molar-refractivity contribution in [3.8, 4) is 0 Å². The molecule has 0 radical (unpaired) electrons. The Kier molecular flexibility index (Phi) is 13.7. The third-order valence-corrected chi connectivity index (χ3v) is 13.9. The highest BCUT2D eigenvalue weighted by atomic mass is 16.6. The second kappa shape index (κ2) is 17.8. The molecule has 0 N–H and O–H groups in total. The van der Waals surface area contributed by atoms with Crippen molar-refractivity contribution in [3.63, 3.8) is 0 Å². The van der Waals surface area contributed by atoms with Crippen molar-refractivity contribution in [2.24, 2.45) is 34.5 Å². The Morgan fingerprint density at radius 2 is 0.887 bits per heavy atom. The largest absolute Gasteiger partial charge is 0.459 e. The first-order valence-corrected chi connectivity index (χ1v) is 20.4. The summed E-state index contributed by atoms with van der Waals surface area (Å²) in [5, 5.41) is 0. The molecule has 5 rings (SSSR count). The lowest BCUT2D eigenvalue weighted by atomic mass is 9.60. The maximum absolute atomic E-state index is 13.3. The molecule has 0 amide bonds. The lowest BCUT2D eigenvalue weighted by molar-refractivity contribution is -0.147. The third-order valence-electron chi connectivity index (χ3n) is 13.9. The van der Waals surface area contributed by atoms with Crippen molar-refractivity contribution < 1.29 is 38.1 Å². The molecule has 0 spiro atoms. The van der Waals surface area contributed by atoms with Gasteiger partial charge in [0, 0.05) is 11.6 Å². The van der Waals surface area contributed by atoms with Crippen LogP contribution in [0.4, 0.5) is 0 Å². The molecule has 4 aliphatic rings. The van der Waals surface area contributed by atoms with E-state index in [1.54, 1.807) is 31.2 Å². The summed E-state index contributed by atoms with van der Waals surface area (Å²) in [4.78, 5) is 50.1. The average Bonchev–Trinajstić information content (AvgIpc) is 3.15. The smallest absolute Gasteiger partial charge is 0.338 e. The van der Waals surface area contributed by atoms with Crippen LogP contribution >= 0.6 is 0 Å². The fraction of sp³-hybridized carbons (Fsp3) is 0.689. The zero-order valence-electron chi connectivity index (χ0n) is 33.0. The van der Waals surface area contributed by atoms with Crippen LogP contribution in [0.3, 0.4) is 0 Å².